The molecule has 0 aliphatic carbocycles. The highest BCUT2D eigenvalue weighted by Crippen LogP contribution is 2.30. The van der Waals surface area contributed by atoms with E-state index in [-0.39, 0.29) is 17.7 Å². The first-order valence-electron chi connectivity index (χ1n) is 12.0. The van der Waals surface area contributed by atoms with Crippen LogP contribution in [0.15, 0.2) is 52.3 Å². The third kappa shape index (κ3) is 7.24. The van der Waals surface area contributed by atoms with Crippen molar-refractivity contribution in [2.75, 3.05) is 25.5 Å². The highest BCUT2D eigenvalue weighted by atomic mass is 16.2. The third-order valence-electron chi connectivity index (χ3n) is 5.75. The number of allylic oxidation sites excluding steroid dienone is 2. The van der Waals surface area contributed by atoms with E-state index in [0.29, 0.717) is 24.4 Å². The molecule has 2 rings (SSSR count). The number of hydrogen-bond acceptors (Lipinski definition) is 5. The average molecular weight is 464 g/mol. The summed E-state index contributed by atoms with van der Waals surface area (Å²) in [6.45, 7) is 7.02. The van der Waals surface area contributed by atoms with Crippen LogP contribution in [-0.4, -0.2) is 43.1 Å². The van der Waals surface area contributed by atoms with Crippen LogP contribution in [0.3, 0.4) is 0 Å². The van der Waals surface area contributed by atoms with Crippen molar-refractivity contribution in [3.63, 3.8) is 0 Å². The van der Waals surface area contributed by atoms with Crippen LogP contribution in [0.5, 0.6) is 0 Å². The van der Waals surface area contributed by atoms with Crippen molar-refractivity contribution < 1.29 is 9.59 Å². The van der Waals surface area contributed by atoms with Gasteiger partial charge in [-0.25, -0.2) is 0 Å². The van der Waals surface area contributed by atoms with E-state index in [0.717, 1.165) is 49.7 Å². The normalized spacial score (nSPS) is 17.3. The van der Waals surface area contributed by atoms with Gasteiger partial charge in [0.15, 0.2) is 12.1 Å². The molecule has 7 heteroatoms. The number of nitrogens with zero attached hydrogens (tertiary/aromatic N) is 2. The molecule has 1 aliphatic rings. The molecule has 1 aliphatic heterocycles. The molecule has 1 aromatic carbocycles. The van der Waals surface area contributed by atoms with Crippen molar-refractivity contribution in [2.24, 2.45) is 16.8 Å². The van der Waals surface area contributed by atoms with Crippen LogP contribution in [0.1, 0.15) is 52.0 Å². The molecule has 182 valence electrons. The van der Waals surface area contributed by atoms with E-state index in [4.69, 9.17) is 5.73 Å². The number of piperidine rings is 1. The topological polar surface area (TPSA) is 99.8 Å². The Balaban J connectivity index is 2.50. The standard InChI is InChI=1S/C27H37N5O2/c1-5-9-20-13-15-22(16-14-20)30-26(27(28)31-29-4)24(19-33)23(10-6-2)21-12-8-17-32(18-21)25(34)11-7-3/h10,13-16,19,21,29-30H,5-6,8-9,12,17-18H2,1-4H3,(H2,28,31)/b23-10+,26-24-. The van der Waals surface area contributed by atoms with Gasteiger partial charge < -0.3 is 21.4 Å². The zero-order valence-electron chi connectivity index (χ0n) is 20.8. The molecule has 1 saturated heterocycles. The minimum atomic E-state index is -0.179. The van der Waals surface area contributed by atoms with Crippen LogP contribution in [0.2, 0.25) is 0 Å². The number of rotatable bonds is 10. The van der Waals surface area contributed by atoms with E-state index in [1.54, 1.807) is 18.9 Å². The number of carbonyl (C=O) groups is 2. The number of nitrogens with one attached hydrogen (secondary N) is 2. The van der Waals surface area contributed by atoms with Crippen LogP contribution < -0.4 is 16.5 Å². The van der Waals surface area contributed by atoms with E-state index < -0.39 is 0 Å². The smallest absolute Gasteiger partial charge is 0.298 e. The fourth-order valence-electron chi connectivity index (χ4n) is 4.22. The van der Waals surface area contributed by atoms with Gasteiger partial charge in [0.2, 0.25) is 0 Å². The van der Waals surface area contributed by atoms with Crippen molar-refractivity contribution in [3.05, 3.63) is 52.7 Å². The summed E-state index contributed by atoms with van der Waals surface area (Å²) >= 11 is 0. The quantitative estimate of drug-likeness (QED) is 0.0937. The molecule has 1 heterocycles. The predicted molar refractivity (Wildman–Crippen MR) is 139 cm³/mol. The molecule has 0 spiro atoms. The van der Waals surface area contributed by atoms with Crippen LogP contribution in [0, 0.1) is 17.8 Å². The fourth-order valence-corrected chi connectivity index (χ4v) is 4.22. The van der Waals surface area contributed by atoms with Crippen molar-refractivity contribution in [1.29, 1.82) is 0 Å². The predicted octanol–water partition coefficient (Wildman–Crippen LogP) is 3.59. The lowest BCUT2D eigenvalue weighted by molar-refractivity contribution is -0.126. The first-order chi connectivity index (χ1) is 16.5. The summed E-state index contributed by atoms with van der Waals surface area (Å²) in [6.07, 6.45) is 7.42. The number of amides is 1. The Morgan fingerprint density at radius 1 is 1.29 bits per heavy atom. The molecular weight excluding hydrogens is 426 g/mol. The number of carbonyl (C=O) groups excluding carboxylic acids is 2. The van der Waals surface area contributed by atoms with E-state index >= 15 is 0 Å². The van der Waals surface area contributed by atoms with Gasteiger partial charge in [-0.2, -0.15) is 5.10 Å². The van der Waals surface area contributed by atoms with Gasteiger partial charge in [0.05, 0.1) is 5.70 Å². The van der Waals surface area contributed by atoms with Crippen molar-refractivity contribution in [3.8, 4) is 11.8 Å². The molecule has 1 amide bonds. The Morgan fingerprint density at radius 3 is 2.62 bits per heavy atom. The number of hydrogen-bond donors (Lipinski definition) is 3. The Bertz CT molecular complexity index is 996. The maximum atomic E-state index is 12.5. The van der Waals surface area contributed by atoms with Crippen LogP contribution in [0.25, 0.3) is 0 Å². The first-order valence-corrected chi connectivity index (χ1v) is 12.0. The summed E-state index contributed by atoms with van der Waals surface area (Å²) in [5, 5.41) is 7.47. The lowest BCUT2D eigenvalue weighted by Gasteiger charge is -2.33. The largest absolute Gasteiger partial charge is 0.381 e. The first kappa shape index (κ1) is 26.7. The zero-order chi connectivity index (χ0) is 24.9. The minimum Gasteiger partial charge on any atom is -0.381 e. The number of aryl methyl sites for hydroxylation is 1. The van der Waals surface area contributed by atoms with Gasteiger partial charge in [-0.05, 0) is 61.8 Å². The van der Waals surface area contributed by atoms with Crippen LogP contribution in [-0.2, 0) is 16.0 Å². The second kappa shape index (κ2) is 13.9. The van der Waals surface area contributed by atoms with Gasteiger partial charge in [0.1, 0.15) is 0 Å². The second-order valence-corrected chi connectivity index (χ2v) is 8.23. The van der Waals surface area contributed by atoms with E-state index in [1.165, 1.54) is 5.56 Å². The van der Waals surface area contributed by atoms with Gasteiger partial charge in [0, 0.05) is 37.3 Å². The Hall–Kier alpha value is -3.53. The highest BCUT2D eigenvalue weighted by Gasteiger charge is 2.28. The molecule has 1 atom stereocenters. The summed E-state index contributed by atoms with van der Waals surface area (Å²) in [7, 11) is 1.66. The van der Waals surface area contributed by atoms with Crippen molar-refractivity contribution in [2.45, 2.75) is 52.9 Å². The Labute approximate surface area is 203 Å². The number of nitrogens with two attached hydrogens (primary N) is 1. The highest BCUT2D eigenvalue weighted by molar-refractivity contribution is 6.05. The fraction of sp³-hybridized carbons (Fsp3) is 0.444. The number of anilines is 1. The number of aldehydes is 1. The van der Waals surface area contributed by atoms with E-state index in [2.05, 4.69) is 46.7 Å². The summed E-state index contributed by atoms with van der Waals surface area (Å²) in [4.78, 5) is 26.7. The monoisotopic (exact) mass is 463 g/mol. The molecule has 0 saturated carbocycles. The molecule has 0 bridgehead atoms. The van der Waals surface area contributed by atoms with Crippen LogP contribution >= 0.6 is 0 Å². The average Bonchev–Trinajstić information content (AvgIpc) is 2.84. The molecule has 0 radical (unpaired) electrons. The molecule has 1 unspecified atom stereocenters. The van der Waals surface area contributed by atoms with Gasteiger partial charge in [-0.3, -0.25) is 9.59 Å². The van der Waals surface area contributed by atoms with Gasteiger partial charge >= 0.3 is 0 Å². The lowest BCUT2D eigenvalue weighted by Crippen LogP contribution is -2.40. The van der Waals surface area contributed by atoms with Crippen molar-refractivity contribution >= 4 is 23.7 Å². The SMILES string of the molecule is CC#CC(=O)N1CCCC(C(=C\CC)/C(C=O)=C(Nc2ccc(CCC)cc2)/C(N)=N\NC)C1. The number of likely N-dealkylation sites (tertiary alicyclic amines) is 1. The van der Waals surface area contributed by atoms with E-state index in [1.807, 2.05) is 25.1 Å². The summed E-state index contributed by atoms with van der Waals surface area (Å²) in [5.41, 5.74) is 12.9. The van der Waals surface area contributed by atoms with Gasteiger partial charge in [0.25, 0.3) is 5.91 Å². The molecular formula is C27H37N5O2. The molecule has 0 aromatic heterocycles. The maximum absolute atomic E-state index is 12.5. The Kier molecular flexibility index (Phi) is 10.9. The molecule has 1 fully saturated rings. The maximum Gasteiger partial charge on any atom is 0.298 e. The lowest BCUT2D eigenvalue weighted by atomic mass is 9.84. The summed E-state index contributed by atoms with van der Waals surface area (Å²) < 4.78 is 0. The molecule has 1 aromatic rings. The van der Waals surface area contributed by atoms with Gasteiger partial charge in [-0.15, -0.1) is 0 Å². The molecule has 34 heavy (non-hydrogen) atoms. The van der Waals surface area contributed by atoms with E-state index in [9.17, 15) is 9.59 Å². The number of amidine groups is 1. The molecule has 7 nitrogen and oxygen atoms in total. The zero-order valence-corrected chi connectivity index (χ0v) is 20.8. The third-order valence-corrected chi connectivity index (χ3v) is 5.75. The minimum absolute atomic E-state index is 0.00243. The summed E-state index contributed by atoms with van der Waals surface area (Å²) in [6, 6.07) is 8.09. The number of hydrazone groups is 1. The second-order valence-electron chi connectivity index (χ2n) is 8.23. The Morgan fingerprint density at radius 2 is 2.03 bits per heavy atom. The summed E-state index contributed by atoms with van der Waals surface area (Å²) in [5.74, 6) is 5.32. The van der Waals surface area contributed by atoms with Gasteiger partial charge in [-0.1, -0.05) is 44.4 Å². The molecule has 4 N–H and O–H groups in total. The number of benzene rings is 1. The van der Waals surface area contributed by atoms with Crippen LogP contribution in [0.4, 0.5) is 5.69 Å². The van der Waals surface area contributed by atoms with Crippen molar-refractivity contribution in [1.82, 2.24) is 10.3 Å².